The highest BCUT2D eigenvalue weighted by molar-refractivity contribution is 7.22. The molecule has 118 valence electrons. The molecule has 1 amide bonds. The summed E-state index contributed by atoms with van der Waals surface area (Å²) in [4.78, 5) is 16.8. The first-order chi connectivity index (χ1) is 11.6. The maximum atomic E-state index is 12.4. The third-order valence-corrected chi connectivity index (χ3v) is 4.46. The molecule has 0 aliphatic heterocycles. The predicted molar refractivity (Wildman–Crippen MR) is 91.3 cm³/mol. The minimum Gasteiger partial charge on any atom is -0.508 e. The molecule has 2 heterocycles. The molecule has 0 unspecified atom stereocenters. The van der Waals surface area contributed by atoms with Crippen molar-refractivity contribution >= 4 is 43.6 Å². The Hall–Kier alpha value is -3.19. The minimum absolute atomic E-state index is 0.0392. The van der Waals surface area contributed by atoms with Gasteiger partial charge in [-0.15, -0.1) is 0 Å². The zero-order valence-electron chi connectivity index (χ0n) is 12.2. The summed E-state index contributed by atoms with van der Waals surface area (Å²) >= 11 is 1.36. The molecule has 4 aromatic rings. The van der Waals surface area contributed by atoms with Crippen molar-refractivity contribution in [3.8, 4) is 5.75 Å². The smallest absolute Gasteiger partial charge is 0.262 e. The Kier molecular flexibility index (Phi) is 3.28. The van der Waals surface area contributed by atoms with E-state index in [1.165, 1.54) is 23.5 Å². The average molecular weight is 337 g/mol. The Morgan fingerprint density at radius 1 is 1.21 bits per heavy atom. The number of thiazole rings is 1. The van der Waals surface area contributed by atoms with Crippen LogP contribution in [0.5, 0.6) is 5.75 Å². The second kappa shape index (κ2) is 5.47. The largest absolute Gasteiger partial charge is 0.508 e. The molecule has 0 atom stereocenters. The number of hydrogen-bond acceptors (Lipinski definition) is 6. The van der Waals surface area contributed by atoms with Crippen molar-refractivity contribution in [3.05, 3.63) is 59.6 Å². The molecule has 7 heteroatoms. The van der Waals surface area contributed by atoms with Gasteiger partial charge >= 0.3 is 0 Å². The van der Waals surface area contributed by atoms with Crippen LogP contribution in [0, 0.1) is 5.41 Å². The van der Waals surface area contributed by atoms with Crippen LogP contribution in [0.25, 0.3) is 21.2 Å². The molecule has 0 spiro atoms. The van der Waals surface area contributed by atoms with Gasteiger partial charge in [0.25, 0.3) is 5.91 Å². The van der Waals surface area contributed by atoms with Crippen LogP contribution < -0.4 is 10.9 Å². The molecule has 0 saturated carbocycles. The van der Waals surface area contributed by atoms with Crippen molar-refractivity contribution < 1.29 is 14.3 Å². The van der Waals surface area contributed by atoms with Crippen molar-refractivity contribution in [2.75, 3.05) is 5.32 Å². The van der Waals surface area contributed by atoms with Gasteiger partial charge in [0.2, 0.25) is 5.55 Å². The van der Waals surface area contributed by atoms with Crippen molar-refractivity contribution in [1.29, 1.82) is 5.41 Å². The molecule has 0 radical (unpaired) electrons. The van der Waals surface area contributed by atoms with Gasteiger partial charge in [-0.1, -0.05) is 23.5 Å². The fraction of sp³-hybridized carbons (Fsp3) is 0. The van der Waals surface area contributed by atoms with Gasteiger partial charge in [0, 0.05) is 11.5 Å². The van der Waals surface area contributed by atoms with E-state index in [9.17, 15) is 9.90 Å². The molecule has 0 aliphatic rings. The summed E-state index contributed by atoms with van der Waals surface area (Å²) in [7, 11) is 0. The highest BCUT2D eigenvalue weighted by atomic mass is 32.1. The number of rotatable bonds is 2. The van der Waals surface area contributed by atoms with Gasteiger partial charge < -0.3 is 9.52 Å². The fourth-order valence-corrected chi connectivity index (χ4v) is 3.24. The minimum atomic E-state index is -0.460. The van der Waals surface area contributed by atoms with Crippen LogP contribution in [0.3, 0.4) is 0 Å². The normalized spacial score (nSPS) is 11.0. The third-order valence-electron chi connectivity index (χ3n) is 3.51. The van der Waals surface area contributed by atoms with Crippen LogP contribution in [0.4, 0.5) is 5.13 Å². The maximum Gasteiger partial charge on any atom is 0.262 e. The molecule has 24 heavy (non-hydrogen) atoms. The number of aromatic hydroxyl groups is 1. The Morgan fingerprint density at radius 2 is 2.04 bits per heavy atom. The lowest BCUT2D eigenvalue weighted by molar-refractivity contribution is 0.102. The first-order valence-corrected chi connectivity index (χ1v) is 7.90. The summed E-state index contributed by atoms with van der Waals surface area (Å²) in [5, 5.41) is 21.1. The van der Waals surface area contributed by atoms with Gasteiger partial charge in [0.15, 0.2) is 5.13 Å². The number of aromatic nitrogens is 1. The molecule has 3 N–H and O–H groups in total. The number of carbonyl (C=O) groups excluding carboxylic acids is 1. The van der Waals surface area contributed by atoms with Crippen LogP contribution in [0.2, 0.25) is 0 Å². The van der Waals surface area contributed by atoms with Gasteiger partial charge in [0.1, 0.15) is 16.9 Å². The van der Waals surface area contributed by atoms with Crippen molar-refractivity contribution in [2.45, 2.75) is 0 Å². The quantitative estimate of drug-likeness (QED) is 0.521. The average Bonchev–Trinajstić information content (AvgIpc) is 2.96. The molecule has 2 aromatic heterocycles. The molecule has 0 fully saturated rings. The number of nitrogens with zero attached hydrogens (tertiary/aromatic N) is 1. The third kappa shape index (κ3) is 2.50. The topological polar surface area (TPSA) is 99.2 Å². The SMILES string of the molecule is N=c1oc2cc(O)ccc2cc1C(=O)Nc1nc2ccccc2s1. The number of amides is 1. The number of phenolic OH excluding ortho intramolecular Hbond substituents is 1. The number of hydrogen-bond donors (Lipinski definition) is 3. The number of anilines is 1. The second-order valence-corrected chi connectivity index (χ2v) is 6.18. The highest BCUT2D eigenvalue weighted by Gasteiger charge is 2.14. The van der Waals surface area contributed by atoms with Crippen molar-refractivity contribution in [3.63, 3.8) is 0 Å². The van der Waals surface area contributed by atoms with Gasteiger partial charge in [-0.05, 0) is 30.3 Å². The van der Waals surface area contributed by atoms with E-state index in [2.05, 4.69) is 10.3 Å². The molecule has 0 saturated heterocycles. The summed E-state index contributed by atoms with van der Waals surface area (Å²) in [6, 6.07) is 13.7. The summed E-state index contributed by atoms with van der Waals surface area (Å²) in [5.41, 5.74) is 0.985. The molecular formula is C17H11N3O3S. The number of fused-ring (bicyclic) bond motifs is 2. The van der Waals surface area contributed by atoms with E-state index in [0.29, 0.717) is 16.1 Å². The second-order valence-electron chi connectivity index (χ2n) is 5.15. The van der Waals surface area contributed by atoms with Crippen LogP contribution in [0.1, 0.15) is 10.4 Å². The van der Waals surface area contributed by atoms with E-state index in [1.54, 1.807) is 12.1 Å². The first-order valence-electron chi connectivity index (χ1n) is 7.08. The Labute approximate surface area is 139 Å². The van der Waals surface area contributed by atoms with Crippen molar-refractivity contribution in [2.24, 2.45) is 0 Å². The number of carbonyl (C=O) groups is 1. The highest BCUT2D eigenvalue weighted by Crippen LogP contribution is 2.26. The first kappa shape index (κ1) is 14.4. The monoisotopic (exact) mass is 337 g/mol. The number of benzene rings is 2. The summed E-state index contributed by atoms with van der Waals surface area (Å²) < 4.78 is 6.29. The van der Waals surface area contributed by atoms with E-state index in [4.69, 9.17) is 9.83 Å². The standard InChI is InChI=1S/C17H11N3O3S/c18-15-11(7-9-5-6-10(21)8-13(9)23-15)16(22)20-17-19-12-3-1-2-4-14(12)24-17/h1-8,18,21H,(H,19,20,22). The lowest BCUT2D eigenvalue weighted by Gasteiger charge is -2.04. The van der Waals surface area contributed by atoms with Crippen LogP contribution in [0.15, 0.2) is 52.9 Å². The van der Waals surface area contributed by atoms with E-state index in [1.807, 2.05) is 24.3 Å². The summed E-state index contributed by atoms with van der Waals surface area (Å²) in [6.07, 6.45) is 0. The molecule has 6 nitrogen and oxygen atoms in total. The van der Waals surface area contributed by atoms with E-state index >= 15 is 0 Å². The van der Waals surface area contributed by atoms with Crippen molar-refractivity contribution in [1.82, 2.24) is 4.98 Å². The maximum absolute atomic E-state index is 12.4. The Balaban J connectivity index is 1.71. The molecule has 4 rings (SSSR count). The van der Waals surface area contributed by atoms with Crippen LogP contribution >= 0.6 is 11.3 Å². The van der Waals surface area contributed by atoms with Crippen LogP contribution in [-0.4, -0.2) is 16.0 Å². The van der Waals surface area contributed by atoms with Crippen LogP contribution in [-0.2, 0) is 0 Å². The zero-order valence-corrected chi connectivity index (χ0v) is 13.1. The summed E-state index contributed by atoms with van der Waals surface area (Å²) in [6.45, 7) is 0. The van der Waals surface area contributed by atoms with Gasteiger partial charge in [-0.2, -0.15) is 0 Å². The van der Waals surface area contributed by atoms with Gasteiger partial charge in [-0.25, -0.2) is 4.98 Å². The number of phenols is 1. The molecular weight excluding hydrogens is 326 g/mol. The van der Waals surface area contributed by atoms with E-state index in [-0.39, 0.29) is 16.9 Å². The predicted octanol–water partition coefficient (Wildman–Crippen LogP) is 3.48. The van der Waals surface area contributed by atoms with E-state index in [0.717, 1.165) is 10.2 Å². The van der Waals surface area contributed by atoms with Gasteiger partial charge in [0.05, 0.1) is 10.2 Å². The lowest BCUT2D eigenvalue weighted by Crippen LogP contribution is -2.20. The Morgan fingerprint density at radius 3 is 2.88 bits per heavy atom. The number of para-hydroxylation sites is 1. The zero-order chi connectivity index (χ0) is 16.7. The lowest BCUT2D eigenvalue weighted by atomic mass is 10.1. The molecule has 0 bridgehead atoms. The molecule has 2 aromatic carbocycles. The van der Waals surface area contributed by atoms with Gasteiger partial charge in [-0.3, -0.25) is 15.5 Å². The molecule has 0 aliphatic carbocycles. The Bertz CT molecular complexity index is 1110. The summed E-state index contributed by atoms with van der Waals surface area (Å²) in [5.74, 6) is -0.421. The van der Waals surface area contributed by atoms with E-state index < -0.39 is 5.91 Å². The number of nitrogens with one attached hydrogen (secondary N) is 2. The fourth-order valence-electron chi connectivity index (χ4n) is 2.38.